The minimum absolute atomic E-state index is 0.0399. The maximum Gasteiger partial charge on any atom is 0.0410 e. The van der Waals surface area contributed by atoms with E-state index in [1.54, 1.807) is 0 Å². The SMILES string of the molecule is CC1(C)CCCC(C)(C)N1O.CCC. The van der Waals surface area contributed by atoms with Crippen LogP contribution in [0.15, 0.2) is 0 Å². The van der Waals surface area contributed by atoms with Crippen LogP contribution >= 0.6 is 0 Å². The minimum atomic E-state index is -0.0399. The molecule has 14 heavy (non-hydrogen) atoms. The van der Waals surface area contributed by atoms with Crippen molar-refractivity contribution in [3.63, 3.8) is 0 Å². The van der Waals surface area contributed by atoms with Gasteiger partial charge >= 0.3 is 0 Å². The number of hydrogen-bond acceptors (Lipinski definition) is 2. The van der Waals surface area contributed by atoms with Gasteiger partial charge in [0.25, 0.3) is 0 Å². The Labute approximate surface area is 89.3 Å². The van der Waals surface area contributed by atoms with Gasteiger partial charge in [0.15, 0.2) is 0 Å². The molecule has 1 saturated heterocycles. The lowest BCUT2D eigenvalue weighted by Crippen LogP contribution is -2.56. The van der Waals surface area contributed by atoms with Crippen molar-refractivity contribution in [3.8, 4) is 0 Å². The van der Waals surface area contributed by atoms with Gasteiger partial charge in [-0.3, -0.25) is 0 Å². The van der Waals surface area contributed by atoms with E-state index in [0.29, 0.717) is 0 Å². The molecule has 1 aliphatic heterocycles. The van der Waals surface area contributed by atoms with Crippen molar-refractivity contribution in [3.05, 3.63) is 0 Å². The molecule has 0 aromatic rings. The summed E-state index contributed by atoms with van der Waals surface area (Å²) in [5.74, 6) is 0. The van der Waals surface area contributed by atoms with Gasteiger partial charge in [-0.25, -0.2) is 0 Å². The van der Waals surface area contributed by atoms with E-state index in [-0.39, 0.29) is 11.1 Å². The summed E-state index contributed by atoms with van der Waals surface area (Å²) in [5, 5.41) is 11.3. The van der Waals surface area contributed by atoms with E-state index < -0.39 is 0 Å². The van der Waals surface area contributed by atoms with E-state index in [4.69, 9.17) is 0 Å². The van der Waals surface area contributed by atoms with E-state index in [2.05, 4.69) is 41.5 Å². The van der Waals surface area contributed by atoms with E-state index in [0.717, 1.165) is 12.8 Å². The fraction of sp³-hybridized carbons (Fsp3) is 1.00. The Hall–Kier alpha value is -0.0800. The average molecular weight is 201 g/mol. The standard InChI is InChI=1S/C9H19NO.C3H8/c1-8(2)6-5-7-9(3,4)10(8)11;1-3-2/h11H,5-7H2,1-4H3;3H2,1-2H3. The summed E-state index contributed by atoms with van der Waals surface area (Å²) in [4.78, 5) is 0. The average Bonchev–Trinajstić information content (AvgIpc) is 2.01. The second kappa shape index (κ2) is 5.13. The Balaban J connectivity index is 0.000000500. The molecule has 86 valence electrons. The Bertz CT molecular complexity index is 148. The molecule has 0 aromatic carbocycles. The molecule has 2 nitrogen and oxygen atoms in total. The van der Waals surface area contributed by atoms with Gasteiger partial charge in [-0.05, 0) is 47.0 Å². The maximum atomic E-state index is 9.80. The fourth-order valence-corrected chi connectivity index (χ4v) is 1.98. The molecule has 0 amide bonds. The first-order valence-corrected chi connectivity index (χ1v) is 5.77. The molecule has 1 heterocycles. The second-order valence-electron chi connectivity index (χ2n) is 5.50. The van der Waals surface area contributed by atoms with Gasteiger partial charge in [-0.15, -0.1) is 0 Å². The molecule has 1 aliphatic rings. The molecule has 0 atom stereocenters. The lowest BCUT2D eigenvalue weighted by atomic mass is 9.82. The number of nitrogens with zero attached hydrogens (tertiary/aromatic N) is 1. The molecule has 0 aliphatic carbocycles. The van der Waals surface area contributed by atoms with Crippen LogP contribution in [0.25, 0.3) is 0 Å². The molecular formula is C12H27NO. The maximum absolute atomic E-state index is 9.80. The van der Waals surface area contributed by atoms with Crippen molar-refractivity contribution in [2.75, 3.05) is 0 Å². The van der Waals surface area contributed by atoms with Crippen LogP contribution in [-0.4, -0.2) is 21.3 Å². The lowest BCUT2D eigenvalue weighted by Gasteiger charge is -2.48. The lowest BCUT2D eigenvalue weighted by molar-refractivity contribution is -0.241. The predicted octanol–water partition coefficient (Wildman–Crippen LogP) is 3.84. The molecule has 0 bridgehead atoms. The van der Waals surface area contributed by atoms with Crippen LogP contribution < -0.4 is 0 Å². The van der Waals surface area contributed by atoms with Gasteiger partial charge < -0.3 is 5.21 Å². The molecule has 1 rings (SSSR count). The molecule has 0 spiro atoms. The van der Waals surface area contributed by atoms with Crippen LogP contribution in [0.2, 0.25) is 0 Å². The third kappa shape index (κ3) is 3.58. The van der Waals surface area contributed by atoms with E-state index >= 15 is 0 Å². The second-order valence-corrected chi connectivity index (χ2v) is 5.50. The first kappa shape index (κ1) is 13.9. The highest BCUT2D eigenvalue weighted by molar-refractivity contribution is 4.91. The van der Waals surface area contributed by atoms with Gasteiger partial charge in [0.05, 0.1) is 0 Å². The Morgan fingerprint density at radius 2 is 1.29 bits per heavy atom. The van der Waals surface area contributed by atoms with Crippen molar-refractivity contribution in [2.24, 2.45) is 0 Å². The molecule has 0 radical (unpaired) electrons. The Morgan fingerprint density at radius 3 is 1.50 bits per heavy atom. The highest BCUT2D eigenvalue weighted by Crippen LogP contribution is 2.35. The topological polar surface area (TPSA) is 23.5 Å². The highest BCUT2D eigenvalue weighted by Gasteiger charge is 2.40. The van der Waals surface area contributed by atoms with Crippen molar-refractivity contribution < 1.29 is 5.21 Å². The summed E-state index contributed by atoms with van der Waals surface area (Å²) in [5.41, 5.74) is -0.0799. The van der Waals surface area contributed by atoms with E-state index in [1.807, 2.05) is 0 Å². The van der Waals surface area contributed by atoms with Gasteiger partial charge in [0.1, 0.15) is 0 Å². The van der Waals surface area contributed by atoms with E-state index in [1.165, 1.54) is 17.9 Å². The van der Waals surface area contributed by atoms with Crippen molar-refractivity contribution in [2.45, 2.75) is 78.3 Å². The minimum Gasteiger partial charge on any atom is -0.313 e. The predicted molar refractivity (Wildman–Crippen MR) is 61.6 cm³/mol. The first-order valence-electron chi connectivity index (χ1n) is 5.77. The fourth-order valence-electron chi connectivity index (χ4n) is 1.98. The Kier molecular flexibility index (Phi) is 5.10. The van der Waals surface area contributed by atoms with Gasteiger partial charge in [0.2, 0.25) is 0 Å². The third-order valence-electron chi connectivity index (χ3n) is 2.72. The van der Waals surface area contributed by atoms with Gasteiger partial charge in [-0.2, -0.15) is 5.06 Å². The van der Waals surface area contributed by atoms with Crippen molar-refractivity contribution in [1.82, 2.24) is 5.06 Å². The first-order chi connectivity index (χ1) is 6.28. The smallest absolute Gasteiger partial charge is 0.0410 e. The summed E-state index contributed by atoms with van der Waals surface area (Å²) in [6, 6.07) is 0. The monoisotopic (exact) mass is 201 g/mol. The molecule has 0 aromatic heterocycles. The molecule has 2 heteroatoms. The summed E-state index contributed by atoms with van der Waals surface area (Å²) < 4.78 is 0. The highest BCUT2D eigenvalue weighted by atomic mass is 16.5. The zero-order valence-electron chi connectivity index (χ0n) is 10.7. The van der Waals surface area contributed by atoms with Crippen LogP contribution in [-0.2, 0) is 0 Å². The summed E-state index contributed by atoms with van der Waals surface area (Å²) in [7, 11) is 0. The van der Waals surface area contributed by atoms with Crippen LogP contribution in [0.3, 0.4) is 0 Å². The number of rotatable bonds is 0. The molecule has 0 unspecified atom stereocenters. The summed E-state index contributed by atoms with van der Waals surface area (Å²) >= 11 is 0. The third-order valence-corrected chi connectivity index (χ3v) is 2.72. The number of hydroxylamine groups is 2. The quantitative estimate of drug-likeness (QED) is 0.643. The van der Waals surface area contributed by atoms with Gasteiger partial charge in [-0.1, -0.05) is 20.3 Å². The summed E-state index contributed by atoms with van der Waals surface area (Å²) in [6.45, 7) is 12.6. The largest absolute Gasteiger partial charge is 0.313 e. The number of hydrogen-bond donors (Lipinski definition) is 1. The normalized spacial score (nSPS) is 25.1. The summed E-state index contributed by atoms with van der Waals surface area (Å²) in [6.07, 6.45) is 4.65. The molecule has 1 fully saturated rings. The molecule has 0 saturated carbocycles. The van der Waals surface area contributed by atoms with Crippen LogP contribution in [0, 0.1) is 0 Å². The molecule has 1 N–H and O–H groups in total. The molecular weight excluding hydrogens is 174 g/mol. The van der Waals surface area contributed by atoms with Crippen LogP contribution in [0.5, 0.6) is 0 Å². The zero-order valence-corrected chi connectivity index (χ0v) is 10.7. The van der Waals surface area contributed by atoms with Crippen LogP contribution in [0.4, 0.5) is 0 Å². The van der Waals surface area contributed by atoms with Gasteiger partial charge in [0, 0.05) is 11.1 Å². The van der Waals surface area contributed by atoms with Crippen molar-refractivity contribution >= 4 is 0 Å². The zero-order chi connectivity index (χ0) is 11.4. The number of piperidine rings is 1. The Morgan fingerprint density at radius 1 is 1.00 bits per heavy atom. The van der Waals surface area contributed by atoms with Crippen molar-refractivity contribution in [1.29, 1.82) is 0 Å². The van der Waals surface area contributed by atoms with Crippen LogP contribution in [0.1, 0.15) is 67.2 Å². The van der Waals surface area contributed by atoms with E-state index in [9.17, 15) is 5.21 Å².